The van der Waals surface area contributed by atoms with Crippen LogP contribution >= 0.6 is 0 Å². The minimum absolute atomic E-state index is 0.0000434. The third kappa shape index (κ3) is 6.36. The van der Waals surface area contributed by atoms with E-state index in [-0.39, 0.29) is 13.2 Å². The zero-order chi connectivity index (χ0) is 17.9. The normalized spacial score (nSPS) is 10.2. The fourth-order valence-electron chi connectivity index (χ4n) is 1.91. The average Bonchev–Trinajstić information content (AvgIpc) is 2.64. The summed E-state index contributed by atoms with van der Waals surface area (Å²) in [7, 11) is 0. The maximum absolute atomic E-state index is 11.8. The molecule has 0 atom stereocenters. The van der Waals surface area contributed by atoms with Crippen LogP contribution in [-0.2, 0) is 16.1 Å². The molecule has 0 aliphatic heterocycles. The van der Waals surface area contributed by atoms with Gasteiger partial charge in [-0.2, -0.15) is 5.26 Å². The van der Waals surface area contributed by atoms with Gasteiger partial charge in [-0.05, 0) is 36.8 Å². The summed E-state index contributed by atoms with van der Waals surface area (Å²) < 4.78 is 15.6. The Bertz CT molecular complexity index is 764. The van der Waals surface area contributed by atoms with Gasteiger partial charge in [0, 0.05) is 12.1 Å². The van der Waals surface area contributed by atoms with Gasteiger partial charge >= 0.3 is 5.97 Å². The molecule has 0 amide bonds. The van der Waals surface area contributed by atoms with Crippen molar-refractivity contribution in [2.75, 3.05) is 13.2 Å². The second-order valence-electron chi connectivity index (χ2n) is 4.86. The number of nitriles is 1. The molecule has 0 saturated carbocycles. The molecule has 0 fully saturated rings. The largest absolute Gasteiger partial charge is 0.479 e. The van der Waals surface area contributed by atoms with E-state index in [0.29, 0.717) is 23.9 Å². The zero-order valence-electron chi connectivity index (χ0n) is 13.8. The van der Waals surface area contributed by atoms with E-state index in [1.807, 2.05) is 13.0 Å². The summed E-state index contributed by atoms with van der Waals surface area (Å²) in [6.45, 7) is 2.48. The summed E-state index contributed by atoms with van der Waals surface area (Å²) in [4.78, 5) is 16.0. The van der Waals surface area contributed by atoms with Crippen LogP contribution in [0.4, 0.5) is 0 Å². The first-order valence-electron chi connectivity index (χ1n) is 7.74. The fraction of sp³-hybridized carbons (Fsp3) is 0.211. The number of carbonyl (C=O) groups excluding carboxylic acids is 1. The minimum atomic E-state index is -0.464. The predicted molar refractivity (Wildman–Crippen MR) is 91.8 cm³/mol. The van der Waals surface area contributed by atoms with E-state index in [9.17, 15) is 4.79 Å². The highest BCUT2D eigenvalue weighted by Gasteiger charge is 2.02. The van der Waals surface area contributed by atoms with E-state index in [0.717, 1.165) is 5.56 Å². The Labute approximate surface area is 146 Å². The summed E-state index contributed by atoms with van der Waals surface area (Å²) in [5, 5.41) is 8.45. The van der Waals surface area contributed by atoms with E-state index >= 15 is 0 Å². The average molecular weight is 338 g/mol. The van der Waals surface area contributed by atoms with Crippen LogP contribution in [0.1, 0.15) is 18.2 Å². The number of esters is 1. The number of ether oxygens (including phenoxy) is 3. The maximum atomic E-state index is 11.8. The number of hydrogen-bond donors (Lipinski definition) is 0. The summed E-state index contributed by atoms with van der Waals surface area (Å²) in [6, 6.07) is 14.2. The molecule has 0 aliphatic carbocycles. The number of pyridine rings is 1. The molecule has 0 saturated heterocycles. The van der Waals surface area contributed by atoms with Crippen LogP contribution in [0.15, 0.2) is 48.5 Å². The van der Waals surface area contributed by atoms with Gasteiger partial charge in [-0.1, -0.05) is 18.2 Å². The molecular weight excluding hydrogens is 320 g/mol. The Morgan fingerprint density at radius 3 is 2.72 bits per heavy atom. The Morgan fingerprint density at radius 2 is 2.00 bits per heavy atom. The van der Waals surface area contributed by atoms with Crippen LogP contribution in [0.2, 0.25) is 0 Å². The lowest BCUT2D eigenvalue weighted by molar-refractivity contribution is -0.139. The Balaban J connectivity index is 1.84. The van der Waals surface area contributed by atoms with Crippen molar-refractivity contribution in [2.45, 2.75) is 13.5 Å². The molecular formula is C19H18N2O4. The number of nitrogens with zero attached hydrogens (tertiary/aromatic N) is 2. The van der Waals surface area contributed by atoms with Gasteiger partial charge in [0.25, 0.3) is 0 Å². The molecule has 0 N–H and O–H groups in total. The number of aromatic nitrogens is 1. The van der Waals surface area contributed by atoms with Crippen LogP contribution < -0.4 is 9.47 Å². The van der Waals surface area contributed by atoms with Gasteiger partial charge in [0.1, 0.15) is 18.4 Å². The lowest BCUT2D eigenvalue weighted by Crippen LogP contribution is -2.03. The summed E-state index contributed by atoms with van der Waals surface area (Å²) in [6.07, 6.45) is 2.98. The van der Waals surface area contributed by atoms with Crippen molar-refractivity contribution in [1.29, 1.82) is 5.26 Å². The lowest BCUT2D eigenvalue weighted by atomic mass is 10.2. The van der Waals surface area contributed by atoms with Crippen molar-refractivity contribution in [3.05, 3.63) is 59.8 Å². The van der Waals surface area contributed by atoms with Gasteiger partial charge in [-0.3, -0.25) is 0 Å². The molecule has 1 aromatic carbocycles. The highest BCUT2D eigenvalue weighted by Crippen LogP contribution is 2.13. The minimum Gasteiger partial charge on any atom is -0.479 e. The maximum Gasteiger partial charge on any atom is 0.331 e. The molecule has 2 rings (SSSR count). The fourth-order valence-corrected chi connectivity index (χ4v) is 1.91. The van der Waals surface area contributed by atoms with E-state index in [4.69, 9.17) is 19.5 Å². The molecule has 0 spiro atoms. The van der Waals surface area contributed by atoms with Crippen LogP contribution in [0.25, 0.3) is 6.08 Å². The first kappa shape index (κ1) is 18.0. The molecule has 0 unspecified atom stereocenters. The topological polar surface area (TPSA) is 81.4 Å². The summed E-state index contributed by atoms with van der Waals surface area (Å²) in [5.74, 6) is 0.639. The van der Waals surface area contributed by atoms with E-state index in [1.165, 1.54) is 6.08 Å². The van der Waals surface area contributed by atoms with Gasteiger partial charge in [-0.25, -0.2) is 9.78 Å². The zero-order valence-corrected chi connectivity index (χ0v) is 13.8. The molecule has 1 aromatic heterocycles. The van der Waals surface area contributed by atoms with Crippen molar-refractivity contribution < 1.29 is 19.0 Å². The van der Waals surface area contributed by atoms with Gasteiger partial charge in [0.15, 0.2) is 6.61 Å². The van der Waals surface area contributed by atoms with Crippen LogP contribution in [0.5, 0.6) is 11.6 Å². The number of rotatable bonds is 8. The first-order valence-corrected chi connectivity index (χ1v) is 7.74. The third-order valence-electron chi connectivity index (χ3n) is 3.03. The number of carbonyl (C=O) groups is 1. The molecule has 2 aromatic rings. The third-order valence-corrected chi connectivity index (χ3v) is 3.03. The number of hydrogen-bond acceptors (Lipinski definition) is 6. The van der Waals surface area contributed by atoms with Gasteiger partial charge < -0.3 is 14.2 Å². The molecule has 0 bridgehead atoms. The molecule has 128 valence electrons. The van der Waals surface area contributed by atoms with Crippen LogP contribution in [0.3, 0.4) is 0 Å². The van der Waals surface area contributed by atoms with Crippen molar-refractivity contribution in [2.24, 2.45) is 0 Å². The van der Waals surface area contributed by atoms with Crippen LogP contribution in [-0.4, -0.2) is 24.2 Å². The highest BCUT2D eigenvalue weighted by atomic mass is 16.5. The number of benzene rings is 1. The molecule has 25 heavy (non-hydrogen) atoms. The molecule has 0 aliphatic rings. The van der Waals surface area contributed by atoms with Crippen LogP contribution in [0, 0.1) is 11.3 Å². The van der Waals surface area contributed by atoms with Crippen molar-refractivity contribution >= 4 is 12.0 Å². The summed E-state index contributed by atoms with van der Waals surface area (Å²) >= 11 is 0. The van der Waals surface area contributed by atoms with Crippen molar-refractivity contribution in [3.8, 4) is 17.7 Å². The lowest BCUT2D eigenvalue weighted by Gasteiger charge is -2.05. The highest BCUT2D eigenvalue weighted by molar-refractivity contribution is 5.87. The quantitative estimate of drug-likeness (QED) is 0.543. The Hall–Kier alpha value is -3.33. The van der Waals surface area contributed by atoms with Gasteiger partial charge in [0.2, 0.25) is 5.88 Å². The van der Waals surface area contributed by atoms with E-state index in [2.05, 4.69) is 4.98 Å². The standard InChI is InChI=1S/C19H18N2O4/c1-2-23-18-5-3-4-16(21-18)14-25-19(22)11-8-15-6-9-17(10-7-15)24-13-12-20/h3-11H,2,13-14H2,1H3/b11-8+. The van der Waals surface area contributed by atoms with E-state index < -0.39 is 5.97 Å². The van der Waals surface area contributed by atoms with Crippen molar-refractivity contribution in [3.63, 3.8) is 0 Å². The Kier molecular flexibility index (Phi) is 7.01. The summed E-state index contributed by atoms with van der Waals surface area (Å²) in [5.41, 5.74) is 1.43. The Morgan fingerprint density at radius 1 is 1.20 bits per heavy atom. The first-order chi connectivity index (χ1) is 12.2. The van der Waals surface area contributed by atoms with Gasteiger partial charge in [-0.15, -0.1) is 0 Å². The molecule has 6 nitrogen and oxygen atoms in total. The monoisotopic (exact) mass is 338 g/mol. The second kappa shape index (κ2) is 9.73. The SMILES string of the molecule is CCOc1cccc(COC(=O)/C=C/c2ccc(OCC#N)cc2)n1. The molecule has 1 heterocycles. The smallest absolute Gasteiger partial charge is 0.331 e. The molecule has 6 heteroatoms. The van der Waals surface area contributed by atoms with Crippen molar-refractivity contribution in [1.82, 2.24) is 4.98 Å². The predicted octanol–water partition coefficient (Wildman–Crippen LogP) is 3.14. The molecule has 0 radical (unpaired) electrons. The second-order valence-corrected chi connectivity index (χ2v) is 4.86. The van der Waals surface area contributed by atoms with Gasteiger partial charge in [0.05, 0.1) is 12.3 Å². The van der Waals surface area contributed by atoms with E-state index in [1.54, 1.807) is 48.5 Å².